The maximum atomic E-state index is 12.4. The Hall–Kier alpha value is -2.38. The first-order valence-corrected chi connectivity index (χ1v) is 11.3. The van der Waals surface area contributed by atoms with Gasteiger partial charge in [-0.1, -0.05) is 22.0 Å². The van der Waals surface area contributed by atoms with E-state index in [9.17, 15) is 9.59 Å². The van der Waals surface area contributed by atoms with E-state index in [0.717, 1.165) is 37.1 Å². The Morgan fingerprint density at radius 1 is 1.13 bits per heavy atom. The molecule has 3 aromatic rings. The van der Waals surface area contributed by atoms with Crippen LogP contribution in [0.2, 0.25) is 0 Å². The van der Waals surface area contributed by atoms with Gasteiger partial charge in [-0.05, 0) is 61.7 Å². The van der Waals surface area contributed by atoms with E-state index in [1.54, 1.807) is 0 Å². The summed E-state index contributed by atoms with van der Waals surface area (Å²) in [6.45, 7) is 4.13. The van der Waals surface area contributed by atoms with Crippen molar-refractivity contribution < 1.29 is 14.3 Å². The molecule has 5 nitrogen and oxygen atoms in total. The Morgan fingerprint density at radius 2 is 1.83 bits per heavy atom. The maximum Gasteiger partial charge on any atom is 0.348 e. The van der Waals surface area contributed by atoms with E-state index in [0.29, 0.717) is 17.7 Å². The molecule has 0 spiro atoms. The summed E-state index contributed by atoms with van der Waals surface area (Å²) in [6, 6.07) is 11.8. The lowest BCUT2D eigenvalue weighted by Gasteiger charge is -2.13. The number of fused-ring (bicyclic) bond motifs is 1. The van der Waals surface area contributed by atoms with Gasteiger partial charge < -0.3 is 15.0 Å². The number of benzene rings is 2. The van der Waals surface area contributed by atoms with Crippen molar-refractivity contribution in [2.75, 3.05) is 30.9 Å². The predicted octanol–water partition coefficient (Wildman–Crippen LogP) is 5.92. The summed E-state index contributed by atoms with van der Waals surface area (Å²) >= 11 is 4.88. The molecule has 0 aliphatic rings. The molecular formula is C23H25BrN2O3S. The number of nitrogens with one attached hydrogen (secondary N) is 1. The van der Waals surface area contributed by atoms with Gasteiger partial charge in [0.1, 0.15) is 4.88 Å². The fourth-order valence-corrected chi connectivity index (χ4v) is 4.98. The van der Waals surface area contributed by atoms with E-state index in [-0.39, 0.29) is 18.5 Å². The zero-order valence-electron chi connectivity index (χ0n) is 17.5. The van der Waals surface area contributed by atoms with Crippen LogP contribution in [0.15, 0.2) is 40.9 Å². The predicted molar refractivity (Wildman–Crippen MR) is 128 cm³/mol. The minimum absolute atomic E-state index is 0.0861. The fraction of sp³-hybridized carbons (Fsp3) is 0.304. The van der Waals surface area contributed by atoms with Crippen molar-refractivity contribution in [2.24, 2.45) is 0 Å². The number of hydrogen-bond acceptors (Lipinski definition) is 5. The van der Waals surface area contributed by atoms with Crippen LogP contribution in [-0.2, 0) is 9.53 Å². The summed E-state index contributed by atoms with van der Waals surface area (Å²) < 4.78 is 7.43. The molecule has 3 rings (SSSR count). The average molecular weight is 489 g/mol. The van der Waals surface area contributed by atoms with Crippen molar-refractivity contribution in [3.8, 4) is 0 Å². The second-order valence-corrected chi connectivity index (χ2v) is 9.40. The number of thiophene rings is 1. The van der Waals surface area contributed by atoms with Crippen LogP contribution >= 0.6 is 27.3 Å². The van der Waals surface area contributed by atoms with E-state index < -0.39 is 0 Å². The molecule has 1 N–H and O–H groups in total. The summed E-state index contributed by atoms with van der Waals surface area (Å²) in [7, 11) is 3.96. The summed E-state index contributed by atoms with van der Waals surface area (Å²) in [6.07, 6.45) is 0.763. The standard InChI is InChI=1S/C23H25BrN2O3S/c1-14-11-16(24)12-15(2)22(14)25-21(27)9-6-10-29-23(28)20-13-17-18(26(3)4)7-5-8-19(17)30-20/h5,7-8,11-13H,6,9-10H2,1-4H3,(H,25,27). The highest BCUT2D eigenvalue weighted by atomic mass is 79.9. The lowest BCUT2D eigenvalue weighted by atomic mass is 10.1. The van der Waals surface area contributed by atoms with Crippen LogP contribution in [-0.4, -0.2) is 32.6 Å². The zero-order chi connectivity index (χ0) is 21.8. The van der Waals surface area contributed by atoms with Crippen LogP contribution in [0.1, 0.15) is 33.6 Å². The molecule has 0 saturated carbocycles. The maximum absolute atomic E-state index is 12.4. The van der Waals surface area contributed by atoms with Crippen molar-refractivity contribution in [3.05, 3.63) is 56.9 Å². The first-order valence-electron chi connectivity index (χ1n) is 9.70. The van der Waals surface area contributed by atoms with Gasteiger partial charge in [0, 0.05) is 46.4 Å². The number of hydrogen-bond donors (Lipinski definition) is 1. The molecule has 7 heteroatoms. The first kappa shape index (κ1) is 22.3. The molecule has 0 saturated heterocycles. The molecule has 0 unspecified atom stereocenters. The number of nitrogens with zero attached hydrogens (tertiary/aromatic N) is 1. The summed E-state index contributed by atoms with van der Waals surface area (Å²) in [5, 5.41) is 4.00. The highest BCUT2D eigenvalue weighted by Crippen LogP contribution is 2.33. The number of amides is 1. The third kappa shape index (κ3) is 5.21. The van der Waals surface area contributed by atoms with Gasteiger partial charge in [-0.15, -0.1) is 11.3 Å². The number of carbonyl (C=O) groups excluding carboxylic acids is 2. The van der Waals surface area contributed by atoms with Gasteiger partial charge in [-0.2, -0.15) is 0 Å². The monoisotopic (exact) mass is 488 g/mol. The van der Waals surface area contributed by atoms with Crippen molar-refractivity contribution in [2.45, 2.75) is 26.7 Å². The minimum Gasteiger partial charge on any atom is -0.461 e. The first-order chi connectivity index (χ1) is 14.3. The van der Waals surface area contributed by atoms with Crippen LogP contribution in [0.3, 0.4) is 0 Å². The number of esters is 1. The lowest BCUT2D eigenvalue weighted by molar-refractivity contribution is -0.116. The minimum atomic E-state index is -0.346. The largest absolute Gasteiger partial charge is 0.461 e. The Morgan fingerprint density at radius 3 is 2.50 bits per heavy atom. The quantitative estimate of drug-likeness (QED) is 0.331. The fourth-order valence-electron chi connectivity index (χ4n) is 3.31. The molecule has 0 atom stereocenters. The third-order valence-corrected chi connectivity index (χ3v) is 6.30. The van der Waals surface area contributed by atoms with Crippen LogP contribution in [0, 0.1) is 13.8 Å². The van der Waals surface area contributed by atoms with Crippen molar-refractivity contribution in [1.29, 1.82) is 0 Å². The molecule has 0 radical (unpaired) electrons. The molecule has 0 aliphatic carbocycles. The molecule has 2 aromatic carbocycles. The Bertz CT molecular complexity index is 1070. The topological polar surface area (TPSA) is 58.6 Å². The van der Waals surface area contributed by atoms with Gasteiger partial charge in [-0.3, -0.25) is 4.79 Å². The Kier molecular flexibility index (Phi) is 7.15. The summed E-state index contributed by atoms with van der Waals surface area (Å²) in [4.78, 5) is 27.3. The summed E-state index contributed by atoms with van der Waals surface area (Å²) in [5.41, 5.74) is 3.91. The average Bonchev–Trinajstić information content (AvgIpc) is 3.12. The molecule has 30 heavy (non-hydrogen) atoms. The van der Waals surface area contributed by atoms with Crippen molar-refractivity contribution in [1.82, 2.24) is 0 Å². The van der Waals surface area contributed by atoms with E-state index in [1.165, 1.54) is 11.3 Å². The molecule has 0 fully saturated rings. The Labute approximate surface area is 189 Å². The van der Waals surface area contributed by atoms with E-state index in [4.69, 9.17) is 4.74 Å². The van der Waals surface area contributed by atoms with E-state index >= 15 is 0 Å². The van der Waals surface area contributed by atoms with Crippen LogP contribution in [0.4, 0.5) is 11.4 Å². The molecular weight excluding hydrogens is 464 g/mol. The molecule has 0 aliphatic heterocycles. The summed E-state index contributed by atoms with van der Waals surface area (Å²) in [5.74, 6) is -0.432. The second-order valence-electron chi connectivity index (χ2n) is 7.40. The number of aryl methyl sites for hydroxylation is 2. The van der Waals surface area contributed by atoms with Crippen LogP contribution < -0.4 is 10.2 Å². The van der Waals surface area contributed by atoms with Gasteiger partial charge >= 0.3 is 5.97 Å². The van der Waals surface area contributed by atoms with Gasteiger partial charge in [0.25, 0.3) is 0 Å². The number of carbonyl (C=O) groups is 2. The molecule has 0 bridgehead atoms. The SMILES string of the molecule is Cc1cc(Br)cc(C)c1NC(=O)CCCOC(=O)c1cc2c(N(C)C)cccc2s1. The number of ether oxygens (including phenoxy) is 1. The van der Waals surface area contributed by atoms with Gasteiger partial charge in [0.15, 0.2) is 0 Å². The highest BCUT2D eigenvalue weighted by Gasteiger charge is 2.15. The van der Waals surface area contributed by atoms with Crippen LogP contribution in [0.25, 0.3) is 10.1 Å². The molecule has 158 valence electrons. The van der Waals surface area contributed by atoms with Gasteiger partial charge in [-0.25, -0.2) is 4.79 Å². The third-order valence-electron chi connectivity index (χ3n) is 4.76. The number of halogens is 1. The zero-order valence-corrected chi connectivity index (χ0v) is 19.9. The molecule has 1 amide bonds. The van der Waals surface area contributed by atoms with Crippen molar-refractivity contribution in [3.63, 3.8) is 0 Å². The molecule has 1 aromatic heterocycles. The van der Waals surface area contributed by atoms with E-state index in [1.807, 2.05) is 69.2 Å². The van der Waals surface area contributed by atoms with Gasteiger partial charge in [0.05, 0.1) is 6.61 Å². The smallest absolute Gasteiger partial charge is 0.348 e. The van der Waals surface area contributed by atoms with Crippen LogP contribution in [0.5, 0.6) is 0 Å². The van der Waals surface area contributed by atoms with Crippen molar-refractivity contribution >= 4 is 60.6 Å². The van der Waals surface area contributed by atoms with Gasteiger partial charge in [0.2, 0.25) is 5.91 Å². The second kappa shape index (κ2) is 9.62. The lowest BCUT2D eigenvalue weighted by Crippen LogP contribution is -2.15. The highest BCUT2D eigenvalue weighted by molar-refractivity contribution is 9.10. The number of anilines is 2. The normalized spacial score (nSPS) is 10.8. The number of rotatable bonds is 7. The van der Waals surface area contributed by atoms with E-state index in [2.05, 4.69) is 21.2 Å². The molecule has 1 heterocycles. The Balaban J connectivity index is 1.52.